The van der Waals surface area contributed by atoms with Gasteiger partial charge in [0.05, 0.1) is 5.56 Å². The standard InChI is InChI=1S/C18H20N2O6S2/c1-12(21)20-8-2-3-13-4-6-14(7-5-13)16(22)10-26-18(23)15-9-17(27-11-15)28(19,24)25/h4-7,9,11H,2-3,8,10H2,1H3,(H,20,21)(H2,19,24,25). The molecule has 1 aromatic carbocycles. The normalized spacial score (nSPS) is 11.1. The van der Waals surface area contributed by atoms with Gasteiger partial charge in [-0.25, -0.2) is 18.4 Å². The number of carbonyl (C=O) groups excluding carboxylic acids is 3. The molecule has 1 heterocycles. The van der Waals surface area contributed by atoms with Gasteiger partial charge in [-0.1, -0.05) is 24.3 Å². The summed E-state index contributed by atoms with van der Waals surface area (Å²) >= 11 is 0.805. The smallest absolute Gasteiger partial charge is 0.339 e. The molecule has 0 atom stereocenters. The molecule has 1 aromatic heterocycles. The average molecular weight is 425 g/mol. The van der Waals surface area contributed by atoms with Gasteiger partial charge in [0.1, 0.15) is 4.21 Å². The van der Waals surface area contributed by atoms with Gasteiger partial charge in [-0.15, -0.1) is 11.3 Å². The van der Waals surface area contributed by atoms with E-state index in [1.165, 1.54) is 12.3 Å². The zero-order valence-electron chi connectivity index (χ0n) is 15.1. The lowest BCUT2D eigenvalue weighted by molar-refractivity contribution is -0.118. The molecule has 0 aliphatic carbocycles. The van der Waals surface area contributed by atoms with Gasteiger partial charge in [-0.2, -0.15) is 0 Å². The Hall–Kier alpha value is -2.56. The van der Waals surface area contributed by atoms with E-state index in [-0.39, 0.29) is 21.5 Å². The Kier molecular flexibility index (Phi) is 7.44. The first kappa shape index (κ1) is 21.7. The number of aryl methyl sites for hydroxylation is 1. The van der Waals surface area contributed by atoms with Crippen LogP contribution in [0.5, 0.6) is 0 Å². The lowest BCUT2D eigenvalue weighted by Gasteiger charge is -2.05. The van der Waals surface area contributed by atoms with E-state index in [0.717, 1.165) is 35.8 Å². The van der Waals surface area contributed by atoms with E-state index >= 15 is 0 Å². The van der Waals surface area contributed by atoms with Crippen LogP contribution in [0.1, 0.15) is 39.6 Å². The summed E-state index contributed by atoms with van der Waals surface area (Å²) in [6, 6.07) is 8.02. The Morgan fingerprint density at radius 2 is 1.82 bits per heavy atom. The quantitative estimate of drug-likeness (QED) is 0.356. The van der Waals surface area contributed by atoms with Crippen molar-refractivity contribution in [3.05, 3.63) is 52.4 Å². The molecule has 0 bridgehead atoms. The van der Waals surface area contributed by atoms with Gasteiger partial charge in [-0.3, -0.25) is 9.59 Å². The van der Waals surface area contributed by atoms with Crippen molar-refractivity contribution in [2.75, 3.05) is 13.2 Å². The molecule has 10 heteroatoms. The predicted molar refractivity (Wildman–Crippen MR) is 104 cm³/mol. The topological polar surface area (TPSA) is 133 Å². The second kappa shape index (κ2) is 9.58. The summed E-state index contributed by atoms with van der Waals surface area (Å²) in [5, 5.41) is 9.01. The van der Waals surface area contributed by atoms with Crippen LogP contribution < -0.4 is 10.5 Å². The van der Waals surface area contributed by atoms with E-state index in [0.29, 0.717) is 12.1 Å². The zero-order valence-corrected chi connectivity index (χ0v) is 16.8. The van der Waals surface area contributed by atoms with Gasteiger partial charge in [0, 0.05) is 24.4 Å². The highest BCUT2D eigenvalue weighted by Gasteiger charge is 2.17. The monoisotopic (exact) mass is 424 g/mol. The van der Waals surface area contributed by atoms with E-state index in [1.807, 2.05) is 0 Å². The SMILES string of the molecule is CC(=O)NCCCc1ccc(C(=O)COC(=O)c2csc(S(N)(=O)=O)c2)cc1. The summed E-state index contributed by atoms with van der Waals surface area (Å²) in [4.78, 5) is 34.9. The van der Waals surface area contributed by atoms with Crippen molar-refractivity contribution in [3.63, 3.8) is 0 Å². The number of primary sulfonamides is 1. The molecule has 28 heavy (non-hydrogen) atoms. The van der Waals surface area contributed by atoms with Crippen molar-refractivity contribution in [1.82, 2.24) is 5.32 Å². The summed E-state index contributed by atoms with van der Waals surface area (Å²) in [7, 11) is -3.88. The largest absolute Gasteiger partial charge is 0.454 e. The van der Waals surface area contributed by atoms with Crippen LogP contribution in [-0.2, 0) is 26.0 Å². The number of ether oxygens (including phenoxy) is 1. The van der Waals surface area contributed by atoms with Gasteiger partial charge in [0.25, 0.3) is 0 Å². The van der Waals surface area contributed by atoms with Crippen molar-refractivity contribution in [3.8, 4) is 0 Å². The molecule has 0 spiro atoms. The number of hydrogen-bond donors (Lipinski definition) is 2. The highest BCUT2D eigenvalue weighted by atomic mass is 32.2. The lowest BCUT2D eigenvalue weighted by Crippen LogP contribution is -2.21. The van der Waals surface area contributed by atoms with Gasteiger partial charge in [0.2, 0.25) is 15.9 Å². The van der Waals surface area contributed by atoms with Crippen molar-refractivity contribution in [1.29, 1.82) is 0 Å². The van der Waals surface area contributed by atoms with E-state index in [4.69, 9.17) is 9.88 Å². The highest BCUT2D eigenvalue weighted by molar-refractivity contribution is 7.91. The number of esters is 1. The molecule has 0 fully saturated rings. The number of amides is 1. The summed E-state index contributed by atoms with van der Waals surface area (Å²) in [5.74, 6) is -1.24. The van der Waals surface area contributed by atoms with Crippen LogP contribution in [0.3, 0.4) is 0 Å². The maximum atomic E-state index is 12.2. The van der Waals surface area contributed by atoms with Crippen LogP contribution in [0.15, 0.2) is 39.9 Å². The molecule has 2 rings (SSSR count). The Morgan fingerprint density at radius 1 is 1.14 bits per heavy atom. The van der Waals surface area contributed by atoms with Crippen LogP contribution in [0, 0.1) is 0 Å². The molecule has 2 aromatic rings. The zero-order chi connectivity index (χ0) is 20.7. The van der Waals surface area contributed by atoms with Gasteiger partial charge < -0.3 is 10.1 Å². The van der Waals surface area contributed by atoms with E-state index in [2.05, 4.69) is 5.32 Å². The second-order valence-electron chi connectivity index (χ2n) is 5.98. The van der Waals surface area contributed by atoms with Crippen LogP contribution in [0.4, 0.5) is 0 Å². The average Bonchev–Trinajstić information content (AvgIpc) is 3.14. The number of Topliss-reactive ketones (excluding diaryl/α,β-unsaturated/α-hetero) is 1. The number of benzene rings is 1. The maximum Gasteiger partial charge on any atom is 0.339 e. The third-order valence-corrected chi connectivity index (χ3v) is 6.10. The first-order valence-electron chi connectivity index (χ1n) is 8.32. The summed E-state index contributed by atoms with van der Waals surface area (Å²) < 4.78 is 27.2. The van der Waals surface area contributed by atoms with Crippen molar-refractivity contribution in [2.45, 2.75) is 24.0 Å². The van der Waals surface area contributed by atoms with Crippen molar-refractivity contribution < 1.29 is 27.5 Å². The van der Waals surface area contributed by atoms with Gasteiger partial charge >= 0.3 is 5.97 Å². The Bertz CT molecular complexity index is 964. The van der Waals surface area contributed by atoms with E-state index in [9.17, 15) is 22.8 Å². The Labute approximate surface area is 166 Å². The summed E-state index contributed by atoms with van der Waals surface area (Å²) in [6.45, 7) is 1.59. The highest BCUT2D eigenvalue weighted by Crippen LogP contribution is 2.19. The van der Waals surface area contributed by atoms with Gasteiger partial charge in [-0.05, 0) is 24.5 Å². The first-order valence-corrected chi connectivity index (χ1v) is 10.7. The molecule has 1 amide bonds. The first-order chi connectivity index (χ1) is 13.2. The third-order valence-electron chi connectivity index (χ3n) is 3.72. The number of rotatable bonds is 9. The summed E-state index contributed by atoms with van der Waals surface area (Å²) in [6.07, 6.45) is 1.54. The van der Waals surface area contributed by atoms with Crippen LogP contribution in [-0.4, -0.2) is 39.2 Å². The molecule has 0 aliphatic rings. The molecule has 150 valence electrons. The summed E-state index contributed by atoms with van der Waals surface area (Å²) in [5.41, 5.74) is 1.44. The second-order valence-corrected chi connectivity index (χ2v) is 8.68. The van der Waals surface area contributed by atoms with Crippen molar-refractivity contribution >= 4 is 39.0 Å². The molecule has 0 saturated carbocycles. The number of nitrogens with one attached hydrogen (secondary N) is 1. The lowest BCUT2D eigenvalue weighted by atomic mass is 10.1. The fraction of sp³-hybridized carbons (Fsp3) is 0.278. The van der Waals surface area contributed by atoms with Crippen LogP contribution in [0.25, 0.3) is 0 Å². The molecule has 8 nitrogen and oxygen atoms in total. The van der Waals surface area contributed by atoms with Crippen LogP contribution in [0.2, 0.25) is 0 Å². The molecule has 0 aliphatic heterocycles. The molecule has 0 saturated heterocycles. The maximum absolute atomic E-state index is 12.2. The number of hydrogen-bond acceptors (Lipinski definition) is 7. The predicted octanol–water partition coefficient (Wildman–Crippen LogP) is 1.50. The van der Waals surface area contributed by atoms with Gasteiger partial charge in [0.15, 0.2) is 12.4 Å². The number of carbonyl (C=O) groups is 3. The molecule has 0 radical (unpaired) electrons. The number of thiophene rings is 1. The molecule has 3 N–H and O–H groups in total. The van der Waals surface area contributed by atoms with E-state index < -0.39 is 22.6 Å². The minimum Gasteiger partial charge on any atom is -0.454 e. The molecular formula is C18H20N2O6S2. The Balaban J connectivity index is 1.84. The molecular weight excluding hydrogens is 404 g/mol. The number of ketones is 1. The molecule has 0 unspecified atom stereocenters. The van der Waals surface area contributed by atoms with E-state index in [1.54, 1.807) is 24.3 Å². The minimum absolute atomic E-state index is 0.0244. The number of nitrogens with two attached hydrogens (primary N) is 1. The Morgan fingerprint density at radius 3 is 2.39 bits per heavy atom. The van der Waals surface area contributed by atoms with Crippen molar-refractivity contribution in [2.24, 2.45) is 5.14 Å². The third kappa shape index (κ3) is 6.55. The fourth-order valence-electron chi connectivity index (χ4n) is 2.28. The number of sulfonamides is 1. The minimum atomic E-state index is -3.88. The fourth-order valence-corrected chi connectivity index (χ4v) is 3.86. The van der Waals surface area contributed by atoms with Crippen LogP contribution >= 0.6 is 11.3 Å².